The third-order valence-corrected chi connectivity index (χ3v) is 4.33. The number of aliphatic hydroxyl groups excluding tert-OH is 1. The number of ether oxygens (including phenoxy) is 1. The average Bonchev–Trinajstić information content (AvgIpc) is 3.28. The summed E-state index contributed by atoms with van der Waals surface area (Å²) in [4.78, 5) is 0. The first-order chi connectivity index (χ1) is 9.63. The Morgan fingerprint density at radius 2 is 2.10 bits per heavy atom. The van der Waals surface area contributed by atoms with E-state index < -0.39 is 0 Å². The van der Waals surface area contributed by atoms with Gasteiger partial charge in [-0.2, -0.15) is 0 Å². The van der Waals surface area contributed by atoms with Crippen LogP contribution in [-0.4, -0.2) is 29.9 Å². The van der Waals surface area contributed by atoms with E-state index in [4.69, 9.17) is 4.74 Å². The number of aliphatic hydroxyl groups is 1. The van der Waals surface area contributed by atoms with Gasteiger partial charge in [-0.25, -0.2) is 4.39 Å². The fourth-order valence-electron chi connectivity index (χ4n) is 2.75. The first-order valence-corrected chi connectivity index (χ1v) is 7.40. The van der Waals surface area contributed by atoms with Crippen LogP contribution in [0.3, 0.4) is 0 Å². The van der Waals surface area contributed by atoms with E-state index in [0.29, 0.717) is 24.3 Å². The lowest BCUT2D eigenvalue weighted by molar-refractivity contribution is 0.0828. The fraction of sp³-hybridized carbons (Fsp3) is 0.625. The molecule has 0 aromatic heterocycles. The fourth-order valence-corrected chi connectivity index (χ4v) is 2.75. The van der Waals surface area contributed by atoms with Crippen LogP contribution < -0.4 is 10.1 Å². The summed E-state index contributed by atoms with van der Waals surface area (Å²) in [5.41, 5.74) is 0.459. The van der Waals surface area contributed by atoms with Gasteiger partial charge >= 0.3 is 0 Å². The number of hydrogen-bond donors (Lipinski definition) is 2. The largest absolute Gasteiger partial charge is 0.491 e. The van der Waals surface area contributed by atoms with E-state index in [-0.39, 0.29) is 18.0 Å². The van der Waals surface area contributed by atoms with Crippen molar-refractivity contribution in [3.05, 3.63) is 29.6 Å². The molecule has 2 aliphatic carbocycles. The molecule has 0 saturated heterocycles. The summed E-state index contributed by atoms with van der Waals surface area (Å²) in [5, 5.41) is 13.4. The zero-order chi connectivity index (χ0) is 14.2. The third kappa shape index (κ3) is 2.96. The van der Waals surface area contributed by atoms with Gasteiger partial charge in [0, 0.05) is 6.04 Å². The molecule has 20 heavy (non-hydrogen) atoms. The molecule has 0 radical (unpaired) electrons. The van der Waals surface area contributed by atoms with Gasteiger partial charge in [-0.1, -0.05) is 0 Å². The smallest absolute Gasteiger partial charge is 0.123 e. The van der Waals surface area contributed by atoms with Crippen LogP contribution in [0.15, 0.2) is 18.2 Å². The molecule has 0 amide bonds. The molecular weight excluding hydrogens is 257 g/mol. The van der Waals surface area contributed by atoms with Crippen molar-refractivity contribution in [3.8, 4) is 5.75 Å². The van der Waals surface area contributed by atoms with Crippen LogP contribution >= 0.6 is 0 Å². The second kappa shape index (κ2) is 5.34. The van der Waals surface area contributed by atoms with Gasteiger partial charge in [0.05, 0.1) is 12.1 Å². The van der Waals surface area contributed by atoms with E-state index in [1.807, 2.05) is 6.92 Å². The Morgan fingerprint density at radius 3 is 2.65 bits per heavy atom. The lowest BCUT2D eigenvalue weighted by Crippen LogP contribution is -2.56. The highest BCUT2D eigenvalue weighted by molar-refractivity contribution is 5.32. The van der Waals surface area contributed by atoms with Crippen molar-refractivity contribution in [1.82, 2.24) is 5.32 Å². The van der Waals surface area contributed by atoms with Crippen molar-refractivity contribution >= 4 is 0 Å². The molecule has 1 aromatic rings. The molecule has 2 aliphatic rings. The van der Waals surface area contributed by atoms with Gasteiger partial charge in [0.15, 0.2) is 0 Å². The monoisotopic (exact) mass is 279 g/mol. The predicted molar refractivity (Wildman–Crippen MR) is 75.3 cm³/mol. The number of halogens is 1. The summed E-state index contributed by atoms with van der Waals surface area (Å²) in [6, 6.07) is 5.08. The van der Waals surface area contributed by atoms with Gasteiger partial charge < -0.3 is 15.2 Å². The summed E-state index contributed by atoms with van der Waals surface area (Å²) < 4.78 is 19.0. The Hall–Kier alpha value is -1.13. The zero-order valence-corrected chi connectivity index (χ0v) is 11.9. The minimum Gasteiger partial charge on any atom is -0.491 e. The van der Waals surface area contributed by atoms with E-state index in [0.717, 1.165) is 18.4 Å². The summed E-state index contributed by atoms with van der Waals surface area (Å²) in [6.45, 7) is 2.37. The quantitative estimate of drug-likeness (QED) is 0.805. The molecule has 1 aromatic carbocycles. The predicted octanol–water partition coefficient (Wildman–Crippen LogP) is 2.41. The van der Waals surface area contributed by atoms with Crippen LogP contribution in [-0.2, 0) is 0 Å². The van der Waals surface area contributed by atoms with Crippen LogP contribution in [0.1, 0.15) is 31.2 Å². The van der Waals surface area contributed by atoms with Crippen LogP contribution in [0.5, 0.6) is 5.75 Å². The molecular formula is C16H22FNO2. The maximum atomic E-state index is 13.1. The number of hydrogen-bond acceptors (Lipinski definition) is 3. The molecule has 2 N–H and O–H groups in total. The van der Waals surface area contributed by atoms with Crippen LogP contribution in [0.2, 0.25) is 0 Å². The normalized spacial score (nSPS) is 21.6. The van der Waals surface area contributed by atoms with E-state index in [1.54, 1.807) is 6.07 Å². The second-order valence-corrected chi connectivity index (χ2v) is 6.21. The van der Waals surface area contributed by atoms with E-state index >= 15 is 0 Å². The van der Waals surface area contributed by atoms with Crippen molar-refractivity contribution in [3.63, 3.8) is 0 Å². The van der Waals surface area contributed by atoms with Crippen LogP contribution in [0.4, 0.5) is 4.39 Å². The number of benzene rings is 1. The lowest BCUT2D eigenvalue weighted by Gasteiger charge is -2.33. The average molecular weight is 279 g/mol. The number of rotatable bonds is 7. The lowest BCUT2D eigenvalue weighted by atomic mass is 9.95. The maximum absolute atomic E-state index is 13.1. The second-order valence-electron chi connectivity index (χ2n) is 6.21. The Bertz CT molecular complexity index is 485. The van der Waals surface area contributed by atoms with Gasteiger partial charge in [0.25, 0.3) is 0 Å². The first kappa shape index (κ1) is 13.8. The highest BCUT2D eigenvalue weighted by atomic mass is 19.1. The Labute approximate surface area is 119 Å². The van der Waals surface area contributed by atoms with Crippen molar-refractivity contribution in [1.29, 1.82) is 0 Å². The summed E-state index contributed by atoms with van der Waals surface area (Å²) >= 11 is 0. The van der Waals surface area contributed by atoms with Crippen molar-refractivity contribution in [2.45, 2.75) is 44.2 Å². The van der Waals surface area contributed by atoms with Gasteiger partial charge in [-0.3, -0.25) is 0 Å². The molecule has 3 nitrogen and oxygen atoms in total. The molecule has 0 bridgehead atoms. The Kier molecular flexibility index (Phi) is 3.69. The molecule has 2 saturated carbocycles. The first-order valence-electron chi connectivity index (χ1n) is 7.40. The highest BCUT2D eigenvalue weighted by Gasteiger charge is 2.48. The van der Waals surface area contributed by atoms with E-state index in [9.17, 15) is 9.50 Å². The molecule has 1 unspecified atom stereocenters. The summed E-state index contributed by atoms with van der Waals surface area (Å²) in [6.07, 6.45) is 4.66. The molecule has 110 valence electrons. The van der Waals surface area contributed by atoms with E-state index in [1.165, 1.54) is 25.0 Å². The van der Waals surface area contributed by atoms with Gasteiger partial charge in [0.1, 0.15) is 18.2 Å². The SMILES string of the molecule is Cc1cc(F)ccc1OCC(CO)(NC1CC1)C1CC1. The third-order valence-electron chi connectivity index (χ3n) is 4.33. The molecule has 0 heterocycles. The molecule has 1 atom stereocenters. The highest BCUT2D eigenvalue weighted by Crippen LogP contribution is 2.41. The number of aryl methyl sites for hydroxylation is 1. The van der Waals surface area contributed by atoms with Gasteiger partial charge in [0.2, 0.25) is 0 Å². The molecule has 0 aliphatic heterocycles. The van der Waals surface area contributed by atoms with Crippen molar-refractivity contribution < 1.29 is 14.2 Å². The molecule has 2 fully saturated rings. The van der Waals surface area contributed by atoms with Gasteiger partial charge in [-0.05, 0) is 62.3 Å². The van der Waals surface area contributed by atoms with Gasteiger partial charge in [-0.15, -0.1) is 0 Å². The standard InChI is InChI=1S/C16H22FNO2/c1-11-8-13(17)4-7-15(11)20-10-16(9-19,12-2-3-12)18-14-5-6-14/h4,7-8,12,14,18-19H,2-3,5-6,9-10H2,1H3. The molecule has 4 heteroatoms. The van der Waals surface area contributed by atoms with Crippen LogP contribution in [0, 0.1) is 18.7 Å². The van der Waals surface area contributed by atoms with E-state index in [2.05, 4.69) is 5.32 Å². The topological polar surface area (TPSA) is 41.5 Å². The zero-order valence-electron chi connectivity index (χ0n) is 11.9. The van der Waals surface area contributed by atoms with Crippen molar-refractivity contribution in [2.24, 2.45) is 5.92 Å². The Morgan fingerprint density at radius 1 is 1.35 bits per heavy atom. The minimum atomic E-state index is -0.331. The summed E-state index contributed by atoms with van der Waals surface area (Å²) in [5.74, 6) is 0.942. The number of nitrogens with one attached hydrogen (secondary N) is 1. The summed E-state index contributed by atoms with van der Waals surface area (Å²) in [7, 11) is 0. The molecule has 0 spiro atoms. The molecule has 3 rings (SSSR count). The van der Waals surface area contributed by atoms with Crippen LogP contribution in [0.25, 0.3) is 0 Å². The Balaban J connectivity index is 1.69. The maximum Gasteiger partial charge on any atom is 0.123 e. The van der Waals surface area contributed by atoms with Crippen molar-refractivity contribution in [2.75, 3.05) is 13.2 Å². The minimum absolute atomic E-state index is 0.0917.